The molecule has 112 valence electrons. The largest absolute Gasteiger partial charge is 0.484 e. The molecule has 0 aliphatic heterocycles. The molecule has 1 atom stereocenters. The highest BCUT2D eigenvalue weighted by atomic mass is 79.9. The molecule has 0 fully saturated rings. The Kier molecular flexibility index (Phi) is 5.23. The Balaban J connectivity index is 1.97. The Morgan fingerprint density at radius 2 is 1.81 bits per heavy atom. The number of rotatable bonds is 5. The maximum absolute atomic E-state index is 11.8. The van der Waals surface area contributed by atoms with Crippen LogP contribution in [0.25, 0.3) is 10.8 Å². The first-order valence-electron chi connectivity index (χ1n) is 7.07. The zero-order valence-corrected chi connectivity index (χ0v) is 14.1. The van der Waals surface area contributed by atoms with Crippen LogP contribution in [0.3, 0.4) is 0 Å². The van der Waals surface area contributed by atoms with Gasteiger partial charge in [-0.25, -0.2) is 0 Å². The minimum Gasteiger partial charge on any atom is -0.484 e. The van der Waals surface area contributed by atoms with Crippen LogP contribution in [0.15, 0.2) is 40.9 Å². The van der Waals surface area contributed by atoms with Crippen molar-refractivity contribution < 1.29 is 9.53 Å². The fourth-order valence-corrected chi connectivity index (χ4v) is 2.27. The van der Waals surface area contributed by atoms with Gasteiger partial charge in [-0.15, -0.1) is 0 Å². The molecule has 0 saturated carbocycles. The quantitative estimate of drug-likeness (QED) is 0.880. The summed E-state index contributed by atoms with van der Waals surface area (Å²) < 4.78 is 6.61. The summed E-state index contributed by atoms with van der Waals surface area (Å²) >= 11 is 3.45. The van der Waals surface area contributed by atoms with Crippen molar-refractivity contribution in [3.63, 3.8) is 0 Å². The number of carbonyl (C=O) groups is 1. The van der Waals surface area contributed by atoms with E-state index in [0.29, 0.717) is 11.7 Å². The van der Waals surface area contributed by atoms with Gasteiger partial charge in [0.05, 0.1) is 0 Å². The van der Waals surface area contributed by atoms with Gasteiger partial charge in [-0.1, -0.05) is 41.9 Å². The molecule has 2 rings (SSSR count). The second-order valence-corrected chi connectivity index (χ2v) is 6.46. The second kappa shape index (κ2) is 6.94. The number of amides is 1. The Morgan fingerprint density at radius 1 is 1.14 bits per heavy atom. The van der Waals surface area contributed by atoms with Crippen LogP contribution in [0.2, 0.25) is 0 Å². The van der Waals surface area contributed by atoms with Crippen LogP contribution in [0.1, 0.15) is 20.8 Å². The monoisotopic (exact) mass is 349 g/mol. The number of hydrogen-bond donors (Lipinski definition) is 1. The predicted molar refractivity (Wildman–Crippen MR) is 89.6 cm³/mol. The van der Waals surface area contributed by atoms with E-state index in [0.717, 1.165) is 15.2 Å². The smallest absolute Gasteiger partial charge is 0.258 e. The molecule has 21 heavy (non-hydrogen) atoms. The molecule has 1 N–H and O–H groups in total. The Bertz CT molecular complexity index is 640. The first-order chi connectivity index (χ1) is 9.95. The van der Waals surface area contributed by atoms with E-state index in [1.807, 2.05) is 37.3 Å². The number of nitrogens with one attached hydrogen (secondary N) is 1. The molecule has 0 bridgehead atoms. The molecule has 0 aliphatic rings. The van der Waals surface area contributed by atoms with Gasteiger partial charge in [0.2, 0.25) is 0 Å². The number of hydrogen-bond acceptors (Lipinski definition) is 2. The van der Waals surface area contributed by atoms with E-state index < -0.39 is 0 Å². The molecule has 2 aromatic rings. The minimum absolute atomic E-state index is 0.0408. The van der Waals surface area contributed by atoms with E-state index in [2.05, 4.69) is 41.2 Å². The summed E-state index contributed by atoms with van der Waals surface area (Å²) in [5.41, 5.74) is 0. The number of benzene rings is 2. The van der Waals surface area contributed by atoms with Crippen LogP contribution in [0, 0.1) is 5.92 Å². The fraction of sp³-hybridized carbons (Fsp3) is 0.353. The van der Waals surface area contributed by atoms with Crippen LogP contribution in [0.4, 0.5) is 0 Å². The van der Waals surface area contributed by atoms with Gasteiger partial charge in [0, 0.05) is 10.5 Å². The Morgan fingerprint density at radius 3 is 2.52 bits per heavy atom. The second-order valence-electron chi connectivity index (χ2n) is 5.54. The minimum atomic E-state index is -0.0906. The summed E-state index contributed by atoms with van der Waals surface area (Å²) in [5, 5.41) is 5.15. The van der Waals surface area contributed by atoms with Crippen molar-refractivity contribution in [1.82, 2.24) is 5.32 Å². The van der Waals surface area contributed by atoms with Gasteiger partial charge in [-0.3, -0.25) is 4.79 Å². The van der Waals surface area contributed by atoms with E-state index in [1.165, 1.54) is 0 Å². The SMILES string of the molecule is CC(C)[C@@H](C)NC(=O)COc1ccc2cc(Br)ccc2c1. The summed E-state index contributed by atoms with van der Waals surface area (Å²) in [5.74, 6) is 1.03. The highest BCUT2D eigenvalue weighted by Crippen LogP contribution is 2.24. The number of halogens is 1. The molecule has 0 spiro atoms. The van der Waals surface area contributed by atoms with Gasteiger partial charge in [-0.05, 0) is 47.9 Å². The number of ether oxygens (including phenoxy) is 1. The third-order valence-corrected chi connectivity index (χ3v) is 4.03. The number of carbonyl (C=O) groups excluding carboxylic acids is 1. The lowest BCUT2D eigenvalue weighted by atomic mass is 10.1. The van der Waals surface area contributed by atoms with Crippen molar-refractivity contribution in [3.8, 4) is 5.75 Å². The van der Waals surface area contributed by atoms with Crippen molar-refractivity contribution in [3.05, 3.63) is 40.9 Å². The predicted octanol–water partition coefficient (Wildman–Crippen LogP) is 4.14. The summed E-state index contributed by atoms with van der Waals surface area (Å²) in [6, 6.07) is 12.0. The molecule has 0 aromatic heterocycles. The normalized spacial score (nSPS) is 12.4. The van der Waals surface area contributed by atoms with E-state index in [9.17, 15) is 4.79 Å². The number of fused-ring (bicyclic) bond motifs is 1. The van der Waals surface area contributed by atoms with Crippen LogP contribution in [0.5, 0.6) is 5.75 Å². The van der Waals surface area contributed by atoms with Gasteiger partial charge in [0.25, 0.3) is 5.91 Å². The van der Waals surface area contributed by atoms with Crippen LogP contribution >= 0.6 is 15.9 Å². The van der Waals surface area contributed by atoms with Crippen molar-refractivity contribution in [2.24, 2.45) is 5.92 Å². The van der Waals surface area contributed by atoms with Gasteiger partial charge in [0.1, 0.15) is 5.75 Å². The molecule has 0 radical (unpaired) electrons. The first-order valence-corrected chi connectivity index (χ1v) is 7.86. The summed E-state index contributed by atoms with van der Waals surface area (Å²) in [7, 11) is 0. The maximum atomic E-state index is 11.8. The van der Waals surface area contributed by atoms with Gasteiger partial charge in [0.15, 0.2) is 6.61 Å². The lowest BCUT2D eigenvalue weighted by Gasteiger charge is -2.17. The molecule has 0 unspecified atom stereocenters. The molecule has 1 amide bonds. The zero-order chi connectivity index (χ0) is 15.4. The third kappa shape index (κ3) is 4.46. The molecule has 2 aromatic carbocycles. The average molecular weight is 350 g/mol. The van der Waals surface area contributed by atoms with Crippen molar-refractivity contribution in [2.45, 2.75) is 26.8 Å². The topological polar surface area (TPSA) is 38.3 Å². The van der Waals surface area contributed by atoms with Crippen molar-refractivity contribution in [2.75, 3.05) is 6.61 Å². The molecule has 0 heterocycles. The lowest BCUT2D eigenvalue weighted by Crippen LogP contribution is -2.38. The molecule has 4 heteroatoms. The van der Waals surface area contributed by atoms with E-state index >= 15 is 0 Å². The first kappa shape index (κ1) is 15.8. The molecular formula is C17H20BrNO2. The summed E-state index contributed by atoms with van der Waals surface area (Å²) in [6.45, 7) is 6.19. The maximum Gasteiger partial charge on any atom is 0.258 e. The van der Waals surface area contributed by atoms with Gasteiger partial charge in [-0.2, -0.15) is 0 Å². The summed E-state index contributed by atoms with van der Waals surface area (Å²) in [6.07, 6.45) is 0. The molecule has 0 aliphatic carbocycles. The summed E-state index contributed by atoms with van der Waals surface area (Å²) in [4.78, 5) is 11.8. The Labute approximate surface area is 133 Å². The van der Waals surface area contributed by atoms with Crippen LogP contribution in [-0.2, 0) is 4.79 Å². The van der Waals surface area contributed by atoms with Crippen LogP contribution < -0.4 is 10.1 Å². The third-order valence-electron chi connectivity index (χ3n) is 3.53. The molecule has 0 saturated heterocycles. The van der Waals surface area contributed by atoms with E-state index in [-0.39, 0.29) is 18.6 Å². The van der Waals surface area contributed by atoms with E-state index in [4.69, 9.17) is 4.74 Å². The van der Waals surface area contributed by atoms with Crippen molar-refractivity contribution >= 4 is 32.6 Å². The highest BCUT2D eigenvalue weighted by molar-refractivity contribution is 9.10. The molecular weight excluding hydrogens is 330 g/mol. The van der Waals surface area contributed by atoms with Gasteiger partial charge < -0.3 is 10.1 Å². The van der Waals surface area contributed by atoms with Crippen LogP contribution in [-0.4, -0.2) is 18.6 Å². The average Bonchev–Trinajstić information content (AvgIpc) is 2.44. The lowest BCUT2D eigenvalue weighted by molar-refractivity contribution is -0.124. The van der Waals surface area contributed by atoms with Gasteiger partial charge >= 0.3 is 0 Å². The zero-order valence-electron chi connectivity index (χ0n) is 12.5. The molecule has 3 nitrogen and oxygen atoms in total. The van der Waals surface area contributed by atoms with E-state index in [1.54, 1.807) is 0 Å². The Hall–Kier alpha value is -1.55. The fourth-order valence-electron chi connectivity index (χ4n) is 1.90. The standard InChI is InChI=1S/C17H20BrNO2/c1-11(2)12(3)19-17(20)10-21-16-7-5-13-8-15(18)6-4-14(13)9-16/h4-9,11-12H,10H2,1-3H3,(H,19,20)/t12-/m1/s1. The highest BCUT2D eigenvalue weighted by Gasteiger charge is 2.11. The van der Waals surface area contributed by atoms with Crippen molar-refractivity contribution in [1.29, 1.82) is 0 Å².